The fourth-order valence-electron chi connectivity index (χ4n) is 8.95. The molecule has 19 nitrogen and oxygen atoms in total. The van der Waals surface area contributed by atoms with Gasteiger partial charge in [-0.1, -0.05) is 81.0 Å². The topological polar surface area (TPSA) is 159 Å². The minimum absolute atomic E-state index is 0.00347. The van der Waals surface area contributed by atoms with E-state index in [1.165, 1.54) is 42.6 Å². The Morgan fingerprint density at radius 3 is 1.42 bits per heavy atom. The van der Waals surface area contributed by atoms with E-state index in [1.54, 1.807) is 11.0 Å². The normalized spacial score (nSPS) is 23.0. The number of ether oxygens (including phenoxy) is 7. The van der Waals surface area contributed by atoms with E-state index in [0.717, 1.165) is 123 Å². The van der Waals surface area contributed by atoms with Crippen LogP contribution >= 0.6 is 11.8 Å². The molecule has 0 N–H and O–H groups in total. The molecule has 4 amide bonds. The molecule has 0 aliphatic carbocycles. The van der Waals surface area contributed by atoms with E-state index in [9.17, 15) is 19.2 Å². The molecular weight excluding hydrogens is 1080 g/mol. The van der Waals surface area contributed by atoms with Gasteiger partial charge in [-0.2, -0.15) is 11.8 Å². The highest BCUT2D eigenvalue weighted by Gasteiger charge is 2.26. The maximum atomic E-state index is 11.4. The standard InChI is InChI=1S/C14H19NO.C9H15NO2.C9H17NO.C7H13NO.C6H7NO3.C6H9NO2.C6H11NO.C6H11NS/c1-3-9-15-10-12(2)16-14(11-15)13-7-5-4-6-8-13;1-2-3-4-9(11)10-5-7-12-8-6-10;1-4-5-10-6-8(2)11-9(3)7-10;1-2-3-8-4-6-9-7-5-8;1-2-7-5(8)3-10-4-6(7)9;1-2-7-3-4-9-5-6(7)8;2*1-2-7-3-5-8-6-4-7/h3-8,12,14H,1,9-11H2,2H3;2H,1,3-8H2;4,8-9H,1,5-7H2,2-3H3;2H,1,3-7H2;2H,1,3-4H2;2H,1,3-5H2;2*2H,1,3-6H2. The summed E-state index contributed by atoms with van der Waals surface area (Å²) >= 11 is 2.02. The number of hydrogen-bond donors (Lipinski definition) is 0. The average Bonchev–Trinajstić information content (AvgIpc) is 3.59. The molecule has 8 heterocycles. The number of benzene rings is 1. The van der Waals surface area contributed by atoms with Gasteiger partial charge in [0.1, 0.15) is 19.8 Å². The molecule has 466 valence electrons. The van der Waals surface area contributed by atoms with E-state index in [-0.39, 0.29) is 49.6 Å². The lowest BCUT2D eigenvalue weighted by atomic mass is 10.1. The summed E-state index contributed by atoms with van der Waals surface area (Å²) in [6.45, 7) is 56.5. The summed E-state index contributed by atoms with van der Waals surface area (Å²) in [6, 6.07) is 10.4. The lowest BCUT2D eigenvalue weighted by Gasteiger charge is -2.36. The van der Waals surface area contributed by atoms with Crippen LogP contribution in [0.5, 0.6) is 0 Å². The van der Waals surface area contributed by atoms with Gasteiger partial charge in [0.2, 0.25) is 5.91 Å². The molecule has 8 aliphatic rings. The Morgan fingerprint density at radius 2 is 0.976 bits per heavy atom. The van der Waals surface area contributed by atoms with E-state index in [0.29, 0.717) is 51.1 Å². The lowest BCUT2D eigenvalue weighted by Crippen LogP contribution is -2.45. The van der Waals surface area contributed by atoms with Gasteiger partial charge in [-0.05, 0) is 51.4 Å². The summed E-state index contributed by atoms with van der Waals surface area (Å²) in [5.74, 6) is 2.05. The van der Waals surface area contributed by atoms with E-state index < -0.39 is 0 Å². The van der Waals surface area contributed by atoms with Crippen LogP contribution in [0.3, 0.4) is 0 Å². The SMILES string of the molecule is C=CCCC(=O)N1CCOCC1.C=CCN1CC(C)OC(C)C1.C=CCN1CC(C)OC(c2ccccc2)C1.C=CCN1CCOCC1.C=CN1C(=O)COCC1=O.C=CN1CCOCC1.C=CN1CCOCC1=O.C=CN1CCSCC1. The number of allylic oxidation sites excluding steroid dienone is 1. The van der Waals surface area contributed by atoms with Crippen molar-refractivity contribution < 1.29 is 52.3 Å². The summed E-state index contributed by atoms with van der Waals surface area (Å²) in [4.78, 5) is 59.5. The van der Waals surface area contributed by atoms with Crippen LogP contribution in [0.4, 0.5) is 0 Å². The van der Waals surface area contributed by atoms with Gasteiger partial charge >= 0.3 is 0 Å². The number of imide groups is 1. The highest BCUT2D eigenvalue weighted by atomic mass is 32.2. The van der Waals surface area contributed by atoms with Crippen molar-refractivity contribution in [3.63, 3.8) is 0 Å². The minimum atomic E-state index is -0.355. The summed E-state index contributed by atoms with van der Waals surface area (Å²) in [5.41, 5.74) is 1.27. The fraction of sp³-hybridized carbons (Fsp3) is 0.587. The summed E-state index contributed by atoms with van der Waals surface area (Å²) < 4.78 is 36.5. The molecule has 1 aromatic rings. The molecule has 83 heavy (non-hydrogen) atoms. The molecule has 0 radical (unpaired) electrons. The van der Waals surface area contributed by atoms with Gasteiger partial charge in [-0.15, -0.1) is 26.3 Å². The van der Waals surface area contributed by atoms with Crippen molar-refractivity contribution in [2.24, 2.45) is 0 Å². The second-order valence-electron chi connectivity index (χ2n) is 20.0. The Labute approximate surface area is 502 Å². The van der Waals surface area contributed by atoms with Gasteiger partial charge in [0.05, 0.1) is 70.7 Å². The van der Waals surface area contributed by atoms with E-state index >= 15 is 0 Å². The number of nitrogens with zero attached hydrogens (tertiary/aromatic N) is 8. The van der Waals surface area contributed by atoms with Crippen LogP contribution < -0.4 is 0 Å². The van der Waals surface area contributed by atoms with Crippen LogP contribution in [0.15, 0.2) is 132 Å². The number of amides is 4. The second kappa shape index (κ2) is 47.1. The largest absolute Gasteiger partial charge is 0.379 e. The van der Waals surface area contributed by atoms with Crippen LogP contribution in [-0.4, -0.2) is 263 Å². The molecule has 8 fully saturated rings. The van der Waals surface area contributed by atoms with Crippen LogP contribution in [-0.2, 0) is 52.3 Å². The highest BCUT2D eigenvalue weighted by molar-refractivity contribution is 7.99. The lowest BCUT2D eigenvalue weighted by molar-refractivity contribution is -0.154. The van der Waals surface area contributed by atoms with Crippen molar-refractivity contribution in [3.8, 4) is 0 Å². The maximum Gasteiger partial charge on any atom is 0.259 e. The van der Waals surface area contributed by atoms with Gasteiger partial charge in [0.25, 0.3) is 17.7 Å². The van der Waals surface area contributed by atoms with Crippen molar-refractivity contribution >= 4 is 35.4 Å². The zero-order valence-corrected chi connectivity index (χ0v) is 51.5. The van der Waals surface area contributed by atoms with Crippen LogP contribution in [0.2, 0.25) is 0 Å². The van der Waals surface area contributed by atoms with Crippen LogP contribution in [0.1, 0.15) is 45.3 Å². The quantitative estimate of drug-likeness (QED) is 0.149. The van der Waals surface area contributed by atoms with Crippen molar-refractivity contribution in [1.29, 1.82) is 0 Å². The fourth-order valence-corrected chi connectivity index (χ4v) is 9.88. The molecule has 4 atom stereocenters. The van der Waals surface area contributed by atoms with Gasteiger partial charge in [-0.3, -0.25) is 38.8 Å². The predicted molar refractivity (Wildman–Crippen MR) is 335 cm³/mol. The van der Waals surface area contributed by atoms with E-state index in [2.05, 4.69) is 127 Å². The van der Waals surface area contributed by atoms with Crippen molar-refractivity contribution in [3.05, 3.63) is 138 Å². The van der Waals surface area contributed by atoms with Crippen LogP contribution in [0, 0.1) is 0 Å². The van der Waals surface area contributed by atoms with Crippen molar-refractivity contribution in [2.45, 2.75) is 58.0 Å². The van der Waals surface area contributed by atoms with Gasteiger partial charge in [-0.25, -0.2) is 0 Å². The third-order valence-corrected chi connectivity index (χ3v) is 14.2. The van der Waals surface area contributed by atoms with Gasteiger partial charge in [0, 0.05) is 129 Å². The average molecular weight is 1180 g/mol. The molecule has 0 saturated carbocycles. The molecule has 4 unspecified atom stereocenters. The zero-order chi connectivity index (χ0) is 60.9. The molecule has 8 aliphatic heterocycles. The van der Waals surface area contributed by atoms with Crippen LogP contribution in [0.25, 0.3) is 0 Å². The molecule has 20 heteroatoms. The predicted octanol–water partition coefficient (Wildman–Crippen LogP) is 6.38. The molecule has 9 rings (SSSR count). The monoisotopic (exact) mass is 1180 g/mol. The molecule has 0 bridgehead atoms. The molecule has 0 spiro atoms. The third-order valence-electron chi connectivity index (χ3n) is 13.2. The summed E-state index contributed by atoms with van der Waals surface area (Å²) in [6.07, 6.45) is 16.7. The number of rotatable bonds is 14. The summed E-state index contributed by atoms with van der Waals surface area (Å²) in [5, 5.41) is 0. The molecule has 8 saturated heterocycles. The molecule has 0 aromatic heterocycles. The van der Waals surface area contributed by atoms with Crippen molar-refractivity contribution in [2.75, 3.05) is 182 Å². The van der Waals surface area contributed by atoms with Crippen molar-refractivity contribution in [1.82, 2.24) is 39.2 Å². The number of carbonyl (C=O) groups is 4. The van der Waals surface area contributed by atoms with E-state index in [1.807, 2.05) is 53.4 Å². The van der Waals surface area contributed by atoms with E-state index in [4.69, 9.17) is 28.4 Å². The highest BCUT2D eigenvalue weighted by Crippen LogP contribution is 2.25. The first-order chi connectivity index (χ1) is 40.2. The zero-order valence-electron chi connectivity index (χ0n) is 50.7. The first kappa shape index (κ1) is 73.9. The number of hydrogen-bond acceptors (Lipinski definition) is 17. The minimum Gasteiger partial charge on any atom is -0.379 e. The Kier molecular flexibility index (Phi) is 41.9. The Balaban J connectivity index is 0.000000327. The second-order valence-corrected chi connectivity index (χ2v) is 21.2. The maximum absolute atomic E-state index is 11.4. The first-order valence-corrected chi connectivity index (χ1v) is 30.2. The smallest absolute Gasteiger partial charge is 0.259 e. The Hall–Kier alpha value is -5.23. The van der Waals surface area contributed by atoms with Gasteiger partial charge in [0.15, 0.2) is 0 Å². The van der Waals surface area contributed by atoms with Gasteiger partial charge < -0.3 is 52.8 Å². The first-order valence-electron chi connectivity index (χ1n) is 29.1. The summed E-state index contributed by atoms with van der Waals surface area (Å²) in [7, 11) is 0. The Bertz CT molecular complexity index is 1970. The number of morpholine rings is 7. The molecule has 1 aromatic carbocycles. The number of thioether (sulfide) groups is 1. The Morgan fingerprint density at radius 1 is 0.506 bits per heavy atom. The third kappa shape index (κ3) is 33.7. The molecular formula is C63H102N8O11S. The number of carbonyl (C=O) groups excluding carboxylic acids is 4.